The molecule has 1 N–H and O–H groups in total. The van der Waals surface area contributed by atoms with Crippen molar-refractivity contribution in [3.05, 3.63) is 46.2 Å². The van der Waals surface area contributed by atoms with Gasteiger partial charge in [0.15, 0.2) is 17.3 Å². The number of hydrogen-bond acceptors (Lipinski definition) is 4. The van der Waals surface area contributed by atoms with Crippen LogP contribution in [-0.2, 0) is 18.6 Å². The number of aromatic amines is 1. The summed E-state index contributed by atoms with van der Waals surface area (Å²) in [6.45, 7) is 7.70. The van der Waals surface area contributed by atoms with Gasteiger partial charge in [-0.3, -0.25) is 4.68 Å². The molecule has 0 spiro atoms. The van der Waals surface area contributed by atoms with Crippen molar-refractivity contribution >= 4 is 52.3 Å². The van der Waals surface area contributed by atoms with Gasteiger partial charge in [-0.15, -0.1) is 0 Å². The smallest absolute Gasteiger partial charge is 0.334 e. The Hall–Kier alpha value is -1.94. The summed E-state index contributed by atoms with van der Waals surface area (Å²) in [5.41, 5.74) is 1.37. The van der Waals surface area contributed by atoms with Crippen LogP contribution in [0, 0.1) is 6.92 Å². The number of H-pyrrole nitrogens is 1. The van der Waals surface area contributed by atoms with Crippen LogP contribution in [0.15, 0.2) is 24.3 Å². The summed E-state index contributed by atoms with van der Waals surface area (Å²) < 4.78 is 42.0. The molecule has 0 aliphatic heterocycles. The van der Waals surface area contributed by atoms with E-state index in [1.165, 1.54) is 18.2 Å². The van der Waals surface area contributed by atoms with Gasteiger partial charge >= 0.3 is 6.18 Å². The summed E-state index contributed by atoms with van der Waals surface area (Å²) in [4.78, 5) is 16.3. The minimum Gasteiger partial charge on any atom is -0.334 e. The van der Waals surface area contributed by atoms with E-state index < -0.39 is 11.7 Å². The molecule has 0 bridgehead atoms. The van der Waals surface area contributed by atoms with E-state index in [2.05, 4.69) is 25.0 Å². The number of rotatable bonds is 2. The second-order valence-corrected chi connectivity index (χ2v) is 8.72. The van der Waals surface area contributed by atoms with E-state index in [0.717, 1.165) is 11.8 Å². The van der Waals surface area contributed by atoms with Crippen molar-refractivity contribution in [3.63, 3.8) is 0 Å². The van der Waals surface area contributed by atoms with Crippen molar-refractivity contribution in [1.82, 2.24) is 29.7 Å². The van der Waals surface area contributed by atoms with Crippen LogP contribution >= 0.6 is 11.6 Å². The molecule has 3 heterocycles. The molecule has 11 heteroatoms. The van der Waals surface area contributed by atoms with Crippen molar-refractivity contribution in [3.8, 4) is 22.9 Å². The van der Waals surface area contributed by atoms with Gasteiger partial charge in [-0.1, -0.05) is 50.6 Å². The largest absolute Gasteiger partial charge is 0.417 e. The van der Waals surface area contributed by atoms with Crippen LogP contribution in [0.3, 0.4) is 0 Å². The quantitative estimate of drug-likeness (QED) is 0.402. The fraction of sp³-hybridized carbons (Fsp3) is 0.333. The number of nitrogens with one attached hydrogen (secondary N) is 1. The third-order valence-electron chi connectivity index (χ3n) is 4.93. The first kappa shape index (κ1) is 24.7. The normalized spacial score (nSPS) is 12.3. The summed E-state index contributed by atoms with van der Waals surface area (Å²) in [5.74, 6) is 0.381. The standard InChI is InChI=1S/C21H20ClF3N6.Na/c1-10-14-18(28-17(26-10)11-8-6-7-9-12(11)21(23,24)25)29-19(27-14)15-13(22)16(20(2,3)4)30-31(15)5;/h6-9H,1-5H3,(H,26,27,28,29);. The fourth-order valence-corrected chi connectivity index (χ4v) is 3.96. The summed E-state index contributed by atoms with van der Waals surface area (Å²) in [6.07, 6.45) is -4.52. The number of aromatic nitrogens is 6. The van der Waals surface area contributed by atoms with Crippen LogP contribution in [0.5, 0.6) is 0 Å². The number of nitrogens with zero attached hydrogens (tertiary/aromatic N) is 5. The van der Waals surface area contributed by atoms with Gasteiger partial charge in [0.2, 0.25) is 0 Å². The molecule has 0 aliphatic rings. The third kappa shape index (κ3) is 4.31. The minimum atomic E-state index is -4.52. The van der Waals surface area contributed by atoms with Crippen LogP contribution in [-0.4, -0.2) is 59.3 Å². The zero-order valence-electron chi connectivity index (χ0n) is 18.6. The van der Waals surface area contributed by atoms with Crippen molar-refractivity contribution < 1.29 is 13.2 Å². The molecule has 32 heavy (non-hydrogen) atoms. The van der Waals surface area contributed by atoms with Crippen LogP contribution in [0.1, 0.15) is 37.7 Å². The maximum Gasteiger partial charge on any atom is 0.417 e. The van der Waals surface area contributed by atoms with Gasteiger partial charge in [0.25, 0.3) is 0 Å². The van der Waals surface area contributed by atoms with Gasteiger partial charge in [-0.05, 0) is 13.0 Å². The molecule has 163 valence electrons. The average molecular weight is 472 g/mol. The summed E-state index contributed by atoms with van der Waals surface area (Å²) >= 11 is 6.61. The van der Waals surface area contributed by atoms with Gasteiger partial charge in [-0.25, -0.2) is 15.0 Å². The Balaban J connectivity index is 0.00000289. The molecule has 6 nitrogen and oxygen atoms in total. The monoisotopic (exact) mass is 471 g/mol. The predicted octanol–water partition coefficient (Wildman–Crippen LogP) is 5.32. The van der Waals surface area contributed by atoms with E-state index in [-0.39, 0.29) is 52.0 Å². The van der Waals surface area contributed by atoms with E-state index in [0.29, 0.717) is 27.8 Å². The number of alkyl halides is 3. The molecule has 3 aromatic heterocycles. The SMILES string of the molecule is Cc1nc(-c2ccccc2C(F)(F)F)nc2nc(-c3c(Cl)c(C(C)(C)C)nn3C)[nH]c12.[Na]. The maximum absolute atomic E-state index is 13.5. The van der Waals surface area contributed by atoms with Crippen molar-refractivity contribution in [1.29, 1.82) is 0 Å². The molecular formula is C21H20ClF3N6Na. The average Bonchev–Trinajstić information content (AvgIpc) is 3.21. The fourth-order valence-electron chi connectivity index (χ4n) is 3.43. The van der Waals surface area contributed by atoms with Crippen molar-refractivity contribution in [2.45, 2.75) is 39.3 Å². The molecule has 4 aromatic rings. The topological polar surface area (TPSA) is 72.3 Å². The van der Waals surface area contributed by atoms with E-state index >= 15 is 0 Å². The second kappa shape index (κ2) is 8.44. The van der Waals surface area contributed by atoms with Crippen LogP contribution in [0.2, 0.25) is 5.02 Å². The Morgan fingerprint density at radius 1 is 1.03 bits per heavy atom. The number of aryl methyl sites for hydroxylation is 2. The molecule has 0 saturated heterocycles. The Labute approximate surface area is 209 Å². The molecule has 1 radical (unpaired) electrons. The van der Waals surface area contributed by atoms with E-state index in [4.69, 9.17) is 11.6 Å². The molecule has 0 saturated carbocycles. The summed E-state index contributed by atoms with van der Waals surface area (Å²) in [6, 6.07) is 5.22. The van der Waals surface area contributed by atoms with Crippen molar-refractivity contribution in [2.24, 2.45) is 7.05 Å². The third-order valence-corrected chi connectivity index (χ3v) is 5.29. The first-order chi connectivity index (χ1) is 14.4. The maximum atomic E-state index is 13.5. The van der Waals surface area contributed by atoms with Gasteiger partial charge in [0.1, 0.15) is 11.2 Å². The second-order valence-electron chi connectivity index (χ2n) is 8.34. The molecular weight excluding hydrogens is 452 g/mol. The first-order valence-electron chi connectivity index (χ1n) is 9.52. The van der Waals surface area contributed by atoms with Crippen LogP contribution < -0.4 is 0 Å². The van der Waals surface area contributed by atoms with E-state index in [1.807, 2.05) is 20.8 Å². The number of benzene rings is 1. The van der Waals surface area contributed by atoms with Crippen LogP contribution in [0.4, 0.5) is 13.2 Å². The molecule has 0 aliphatic carbocycles. The van der Waals surface area contributed by atoms with E-state index in [1.54, 1.807) is 18.7 Å². The van der Waals surface area contributed by atoms with Crippen LogP contribution in [0.25, 0.3) is 34.1 Å². The Morgan fingerprint density at radius 3 is 2.28 bits per heavy atom. The number of imidazole rings is 1. The van der Waals surface area contributed by atoms with Gasteiger partial charge < -0.3 is 4.98 Å². The first-order valence-corrected chi connectivity index (χ1v) is 9.90. The number of halogens is 4. The summed E-state index contributed by atoms with van der Waals surface area (Å²) in [7, 11) is 1.76. The Bertz CT molecular complexity index is 1300. The zero-order valence-corrected chi connectivity index (χ0v) is 21.3. The minimum absolute atomic E-state index is 0. The molecule has 1 aromatic carbocycles. The van der Waals surface area contributed by atoms with E-state index in [9.17, 15) is 13.2 Å². The summed E-state index contributed by atoms with van der Waals surface area (Å²) in [5, 5.41) is 4.98. The Kier molecular flexibility index (Phi) is 6.52. The number of hydrogen-bond donors (Lipinski definition) is 1. The van der Waals surface area contributed by atoms with Gasteiger partial charge in [0, 0.05) is 47.6 Å². The predicted molar refractivity (Wildman–Crippen MR) is 119 cm³/mol. The molecule has 0 atom stereocenters. The molecule has 0 unspecified atom stereocenters. The Morgan fingerprint density at radius 2 is 1.69 bits per heavy atom. The van der Waals surface area contributed by atoms with Gasteiger partial charge in [-0.2, -0.15) is 18.3 Å². The number of fused-ring (bicyclic) bond motifs is 1. The van der Waals surface area contributed by atoms with Gasteiger partial charge in [0.05, 0.1) is 22.0 Å². The molecule has 4 rings (SSSR count). The zero-order chi connectivity index (χ0) is 22.7. The molecule has 0 fully saturated rings. The van der Waals surface area contributed by atoms with Crippen molar-refractivity contribution in [2.75, 3.05) is 0 Å². The molecule has 0 amide bonds.